The third-order valence-electron chi connectivity index (χ3n) is 4.24. The van der Waals surface area contributed by atoms with Crippen LogP contribution in [0.25, 0.3) is 0 Å². The van der Waals surface area contributed by atoms with Gasteiger partial charge in [-0.25, -0.2) is 0 Å². The highest BCUT2D eigenvalue weighted by Crippen LogP contribution is 2.21. The summed E-state index contributed by atoms with van der Waals surface area (Å²) in [6.07, 6.45) is 6.26. The standard InChI is InChI=1S/C17H28N2O3/c1-13(2)9-18-10-15(20)11-19(12-17(18)22)16(21)8-14-6-4-3-5-7-14/h6,13,15,20H,3-5,7-12H2,1-2H3. The predicted octanol–water partition coefficient (Wildman–Crippen LogP) is 1.56. The highest BCUT2D eigenvalue weighted by molar-refractivity contribution is 5.86. The molecule has 124 valence electrons. The van der Waals surface area contributed by atoms with Gasteiger partial charge in [0.2, 0.25) is 11.8 Å². The van der Waals surface area contributed by atoms with Gasteiger partial charge in [-0.1, -0.05) is 25.5 Å². The number of carbonyl (C=O) groups excluding carboxylic acids is 2. The predicted molar refractivity (Wildman–Crippen MR) is 85.2 cm³/mol. The summed E-state index contributed by atoms with van der Waals surface area (Å²) in [6.45, 7) is 5.39. The van der Waals surface area contributed by atoms with E-state index in [1.165, 1.54) is 16.9 Å². The van der Waals surface area contributed by atoms with Gasteiger partial charge in [0.15, 0.2) is 0 Å². The lowest BCUT2D eigenvalue weighted by molar-refractivity contribution is -0.138. The van der Waals surface area contributed by atoms with Gasteiger partial charge in [-0.3, -0.25) is 9.59 Å². The molecule has 0 radical (unpaired) electrons. The largest absolute Gasteiger partial charge is 0.389 e. The van der Waals surface area contributed by atoms with E-state index >= 15 is 0 Å². The SMILES string of the molecule is CC(C)CN1CC(O)CN(C(=O)CC2=CCCCC2)CC1=O. The smallest absolute Gasteiger partial charge is 0.242 e. The van der Waals surface area contributed by atoms with E-state index in [9.17, 15) is 14.7 Å². The number of aliphatic hydroxyl groups is 1. The van der Waals surface area contributed by atoms with Crippen LogP contribution in [0.5, 0.6) is 0 Å². The zero-order chi connectivity index (χ0) is 16.1. The van der Waals surface area contributed by atoms with Gasteiger partial charge < -0.3 is 14.9 Å². The van der Waals surface area contributed by atoms with Crippen LogP contribution in [0.3, 0.4) is 0 Å². The molecule has 0 spiro atoms. The van der Waals surface area contributed by atoms with Crippen molar-refractivity contribution in [3.8, 4) is 0 Å². The van der Waals surface area contributed by atoms with Gasteiger partial charge in [0.25, 0.3) is 0 Å². The Morgan fingerprint density at radius 1 is 1.36 bits per heavy atom. The fourth-order valence-corrected chi connectivity index (χ4v) is 3.17. The Morgan fingerprint density at radius 2 is 2.14 bits per heavy atom. The molecule has 0 aromatic rings. The fraction of sp³-hybridized carbons (Fsp3) is 0.765. The first-order valence-electron chi connectivity index (χ1n) is 8.37. The maximum Gasteiger partial charge on any atom is 0.242 e. The molecule has 2 rings (SSSR count). The van der Waals surface area contributed by atoms with E-state index in [1.54, 1.807) is 4.90 Å². The zero-order valence-electron chi connectivity index (χ0n) is 13.8. The highest BCUT2D eigenvalue weighted by Gasteiger charge is 2.29. The first-order valence-corrected chi connectivity index (χ1v) is 8.37. The van der Waals surface area contributed by atoms with E-state index in [4.69, 9.17) is 0 Å². The number of amides is 2. The number of carbonyl (C=O) groups is 2. The molecule has 1 aliphatic carbocycles. The third kappa shape index (κ3) is 4.83. The van der Waals surface area contributed by atoms with E-state index in [0.29, 0.717) is 25.4 Å². The first kappa shape index (κ1) is 17.0. The molecule has 1 unspecified atom stereocenters. The van der Waals surface area contributed by atoms with E-state index in [1.807, 2.05) is 13.8 Å². The second kappa shape index (κ2) is 7.77. The summed E-state index contributed by atoms with van der Waals surface area (Å²) >= 11 is 0. The molecule has 0 saturated carbocycles. The lowest BCUT2D eigenvalue weighted by atomic mass is 9.97. The summed E-state index contributed by atoms with van der Waals surface area (Å²) in [7, 11) is 0. The molecule has 5 heteroatoms. The molecule has 22 heavy (non-hydrogen) atoms. The van der Waals surface area contributed by atoms with Crippen molar-refractivity contribution in [1.82, 2.24) is 9.80 Å². The minimum Gasteiger partial charge on any atom is -0.389 e. The van der Waals surface area contributed by atoms with Crippen LogP contribution in [-0.2, 0) is 9.59 Å². The maximum absolute atomic E-state index is 12.4. The first-order chi connectivity index (χ1) is 10.5. The lowest BCUT2D eigenvalue weighted by Gasteiger charge is -2.23. The molecule has 1 saturated heterocycles. The van der Waals surface area contributed by atoms with Crippen molar-refractivity contribution in [1.29, 1.82) is 0 Å². The van der Waals surface area contributed by atoms with Crippen molar-refractivity contribution in [2.24, 2.45) is 5.92 Å². The Kier molecular flexibility index (Phi) is 6.00. The van der Waals surface area contributed by atoms with E-state index < -0.39 is 6.10 Å². The van der Waals surface area contributed by atoms with Gasteiger partial charge >= 0.3 is 0 Å². The number of hydrogen-bond acceptors (Lipinski definition) is 3. The average Bonchev–Trinajstić information content (AvgIpc) is 2.59. The van der Waals surface area contributed by atoms with Crippen LogP contribution in [0.4, 0.5) is 0 Å². The number of rotatable bonds is 4. The van der Waals surface area contributed by atoms with E-state index in [2.05, 4.69) is 6.08 Å². The van der Waals surface area contributed by atoms with Crippen LogP contribution in [0.15, 0.2) is 11.6 Å². The van der Waals surface area contributed by atoms with Gasteiger partial charge in [0.05, 0.1) is 12.6 Å². The van der Waals surface area contributed by atoms with Crippen LogP contribution in [0, 0.1) is 5.92 Å². The van der Waals surface area contributed by atoms with Crippen molar-refractivity contribution in [2.45, 2.75) is 52.1 Å². The summed E-state index contributed by atoms with van der Waals surface area (Å²) in [5.74, 6) is 0.258. The number of hydrogen-bond donors (Lipinski definition) is 1. The van der Waals surface area contributed by atoms with Crippen molar-refractivity contribution in [2.75, 3.05) is 26.2 Å². The molecule has 0 aromatic heterocycles. The van der Waals surface area contributed by atoms with Crippen molar-refractivity contribution < 1.29 is 14.7 Å². The van der Waals surface area contributed by atoms with E-state index in [-0.39, 0.29) is 24.9 Å². The van der Waals surface area contributed by atoms with Crippen molar-refractivity contribution in [3.63, 3.8) is 0 Å². The molecule has 2 aliphatic rings. The van der Waals surface area contributed by atoms with Gasteiger partial charge in [0.1, 0.15) is 0 Å². The van der Waals surface area contributed by atoms with Gasteiger partial charge in [-0.15, -0.1) is 0 Å². The molecule has 1 heterocycles. The molecule has 1 fully saturated rings. The summed E-state index contributed by atoms with van der Waals surface area (Å²) < 4.78 is 0. The number of nitrogens with zero attached hydrogens (tertiary/aromatic N) is 2. The summed E-state index contributed by atoms with van der Waals surface area (Å²) in [6, 6.07) is 0. The summed E-state index contributed by atoms with van der Waals surface area (Å²) in [4.78, 5) is 28.0. The number of allylic oxidation sites excluding steroid dienone is 1. The quantitative estimate of drug-likeness (QED) is 0.802. The van der Waals surface area contributed by atoms with E-state index in [0.717, 1.165) is 19.3 Å². The minimum atomic E-state index is -0.658. The number of β-amino-alcohol motifs (C(OH)–C–C–N with tert-alkyl or cyclic N) is 1. The Balaban J connectivity index is 1.97. The third-order valence-corrected chi connectivity index (χ3v) is 4.24. The molecular formula is C17H28N2O3. The molecular weight excluding hydrogens is 280 g/mol. The zero-order valence-corrected chi connectivity index (χ0v) is 13.8. The summed E-state index contributed by atoms with van der Waals surface area (Å²) in [5.41, 5.74) is 1.18. The number of aliphatic hydroxyl groups excluding tert-OH is 1. The molecule has 2 amide bonds. The monoisotopic (exact) mass is 308 g/mol. The molecule has 1 atom stereocenters. The lowest BCUT2D eigenvalue weighted by Crippen LogP contribution is -2.40. The van der Waals surface area contributed by atoms with Crippen LogP contribution in [-0.4, -0.2) is 59.0 Å². The van der Waals surface area contributed by atoms with Gasteiger partial charge in [-0.05, 0) is 31.6 Å². The maximum atomic E-state index is 12.4. The van der Waals surface area contributed by atoms with Crippen LogP contribution in [0.1, 0.15) is 46.0 Å². The molecule has 0 bridgehead atoms. The average molecular weight is 308 g/mol. The second-order valence-corrected chi connectivity index (χ2v) is 6.91. The van der Waals surface area contributed by atoms with Gasteiger partial charge in [-0.2, -0.15) is 0 Å². The second-order valence-electron chi connectivity index (χ2n) is 6.91. The molecule has 1 aliphatic heterocycles. The molecule has 0 aromatic carbocycles. The minimum absolute atomic E-state index is 0.0352. The topological polar surface area (TPSA) is 60.9 Å². The van der Waals surface area contributed by atoms with Crippen LogP contribution < -0.4 is 0 Å². The fourth-order valence-electron chi connectivity index (χ4n) is 3.17. The summed E-state index contributed by atoms with van der Waals surface area (Å²) in [5, 5.41) is 10.1. The highest BCUT2D eigenvalue weighted by atomic mass is 16.3. The Labute approximate surface area is 133 Å². The van der Waals surface area contributed by atoms with Gasteiger partial charge in [0, 0.05) is 26.1 Å². The van der Waals surface area contributed by atoms with Crippen LogP contribution in [0.2, 0.25) is 0 Å². The normalized spacial score (nSPS) is 23.5. The Morgan fingerprint density at radius 3 is 2.77 bits per heavy atom. The van der Waals surface area contributed by atoms with Crippen molar-refractivity contribution >= 4 is 11.8 Å². The molecule has 1 N–H and O–H groups in total. The van der Waals surface area contributed by atoms with Crippen molar-refractivity contribution in [3.05, 3.63) is 11.6 Å². The molecule has 5 nitrogen and oxygen atoms in total. The van der Waals surface area contributed by atoms with Crippen LogP contribution >= 0.6 is 0 Å². The Hall–Kier alpha value is -1.36. The Bertz CT molecular complexity index is 445.